The molecule has 0 aliphatic heterocycles. The van der Waals surface area contributed by atoms with Crippen LogP contribution in [0.5, 0.6) is 5.75 Å². The first-order valence-corrected chi connectivity index (χ1v) is 7.68. The van der Waals surface area contributed by atoms with Gasteiger partial charge in [0, 0.05) is 16.0 Å². The van der Waals surface area contributed by atoms with Crippen molar-refractivity contribution < 1.29 is 9.52 Å². The normalized spacial score (nSPS) is 12.7. The molecule has 3 rings (SSSR count). The standard InChI is InChI=1S/C17H16O3S/c1-10(13-8-7-11(2)20-13)9-15-17(19)16(18)12-5-3-4-6-14(12)21-15/h3-8,10,19H,9H2,1-2H3. The summed E-state index contributed by atoms with van der Waals surface area (Å²) in [6.45, 7) is 3.94. The van der Waals surface area contributed by atoms with Crippen LogP contribution in [0.25, 0.3) is 10.1 Å². The Labute approximate surface area is 126 Å². The molecule has 1 aromatic carbocycles. The zero-order valence-electron chi connectivity index (χ0n) is 11.9. The lowest BCUT2D eigenvalue weighted by Crippen LogP contribution is -2.05. The van der Waals surface area contributed by atoms with Crippen LogP contribution >= 0.6 is 11.3 Å². The number of rotatable bonds is 3. The average molecular weight is 300 g/mol. The number of fused-ring (bicyclic) bond motifs is 1. The topological polar surface area (TPSA) is 50.4 Å². The lowest BCUT2D eigenvalue weighted by Gasteiger charge is -2.10. The van der Waals surface area contributed by atoms with Gasteiger partial charge in [-0.05, 0) is 37.6 Å². The summed E-state index contributed by atoms with van der Waals surface area (Å²) in [5, 5.41) is 10.7. The second-order valence-corrected chi connectivity index (χ2v) is 6.39. The van der Waals surface area contributed by atoms with E-state index in [0.29, 0.717) is 16.7 Å². The minimum absolute atomic E-state index is 0.112. The van der Waals surface area contributed by atoms with E-state index in [9.17, 15) is 9.90 Å². The van der Waals surface area contributed by atoms with E-state index in [1.807, 2.05) is 44.2 Å². The van der Waals surface area contributed by atoms with Crippen molar-refractivity contribution in [3.8, 4) is 5.75 Å². The zero-order chi connectivity index (χ0) is 15.0. The van der Waals surface area contributed by atoms with Crippen molar-refractivity contribution in [1.82, 2.24) is 0 Å². The maximum Gasteiger partial charge on any atom is 0.229 e. The molecule has 2 aromatic heterocycles. The van der Waals surface area contributed by atoms with Crippen LogP contribution < -0.4 is 5.43 Å². The molecule has 2 heterocycles. The Morgan fingerprint density at radius 1 is 1.24 bits per heavy atom. The fraction of sp³-hybridized carbons (Fsp3) is 0.235. The molecule has 1 N–H and O–H groups in total. The van der Waals surface area contributed by atoms with E-state index in [2.05, 4.69) is 0 Å². The van der Waals surface area contributed by atoms with Crippen LogP contribution in [-0.2, 0) is 6.42 Å². The van der Waals surface area contributed by atoms with E-state index in [1.165, 1.54) is 11.3 Å². The number of aromatic hydroxyl groups is 1. The summed E-state index contributed by atoms with van der Waals surface area (Å²) in [6, 6.07) is 11.2. The van der Waals surface area contributed by atoms with Gasteiger partial charge in [-0.3, -0.25) is 4.79 Å². The van der Waals surface area contributed by atoms with E-state index in [0.717, 1.165) is 16.2 Å². The predicted molar refractivity (Wildman–Crippen MR) is 85.3 cm³/mol. The van der Waals surface area contributed by atoms with E-state index in [1.54, 1.807) is 6.07 Å². The predicted octanol–water partition coefficient (Wildman–Crippen LogP) is 4.21. The fourth-order valence-electron chi connectivity index (χ4n) is 2.41. The highest BCUT2D eigenvalue weighted by atomic mass is 32.1. The summed E-state index contributed by atoms with van der Waals surface area (Å²) in [6.07, 6.45) is 0.587. The quantitative estimate of drug-likeness (QED) is 0.788. The maximum absolute atomic E-state index is 12.2. The van der Waals surface area contributed by atoms with Crippen LogP contribution in [0.4, 0.5) is 0 Å². The molecule has 0 spiro atoms. The van der Waals surface area contributed by atoms with E-state index >= 15 is 0 Å². The van der Waals surface area contributed by atoms with Gasteiger partial charge in [-0.15, -0.1) is 11.3 Å². The first-order chi connectivity index (χ1) is 10.1. The van der Waals surface area contributed by atoms with Gasteiger partial charge in [0.1, 0.15) is 11.5 Å². The molecule has 0 bridgehead atoms. The summed E-state index contributed by atoms with van der Waals surface area (Å²) in [4.78, 5) is 12.9. The molecule has 3 aromatic rings. The van der Waals surface area contributed by atoms with Gasteiger partial charge in [0.05, 0.1) is 4.88 Å². The van der Waals surface area contributed by atoms with Crippen LogP contribution in [0.2, 0.25) is 0 Å². The highest BCUT2D eigenvalue weighted by Gasteiger charge is 2.17. The molecule has 0 radical (unpaired) electrons. The number of aryl methyl sites for hydroxylation is 1. The van der Waals surface area contributed by atoms with Gasteiger partial charge < -0.3 is 9.52 Å². The SMILES string of the molecule is Cc1ccc(C(C)Cc2sc3ccccc3c(=O)c2O)o1. The van der Waals surface area contributed by atoms with Gasteiger partial charge in [-0.2, -0.15) is 0 Å². The van der Waals surface area contributed by atoms with Gasteiger partial charge in [0.2, 0.25) is 5.43 Å². The summed E-state index contributed by atoms with van der Waals surface area (Å²) >= 11 is 1.47. The molecular formula is C17H16O3S. The Morgan fingerprint density at radius 2 is 2.00 bits per heavy atom. The van der Waals surface area contributed by atoms with E-state index in [4.69, 9.17) is 4.42 Å². The van der Waals surface area contributed by atoms with Crippen molar-refractivity contribution in [3.63, 3.8) is 0 Å². The molecule has 0 aliphatic carbocycles. The number of benzene rings is 1. The zero-order valence-corrected chi connectivity index (χ0v) is 12.7. The number of furan rings is 1. The van der Waals surface area contributed by atoms with Gasteiger partial charge in [0.15, 0.2) is 5.75 Å². The monoisotopic (exact) mass is 300 g/mol. The van der Waals surface area contributed by atoms with Crippen LogP contribution in [0.1, 0.15) is 29.2 Å². The van der Waals surface area contributed by atoms with Gasteiger partial charge in [-0.1, -0.05) is 19.1 Å². The van der Waals surface area contributed by atoms with Crippen molar-refractivity contribution in [3.05, 3.63) is 63.0 Å². The minimum Gasteiger partial charge on any atom is -0.503 e. The largest absolute Gasteiger partial charge is 0.503 e. The van der Waals surface area contributed by atoms with Gasteiger partial charge in [0.25, 0.3) is 0 Å². The maximum atomic E-state index is 12.2. The lowest BCUT2D eigenvalue weighted by molar-refractivity contribution is 0.442. The fourth-order valence-corrected chi connectivity index (χ4v) is 3.62. The third-order valence-electron chi connectivity index (χ3n) is 3.58. The van der Waals surface area contributed by atoms with Gasteiger partial charge in [-0.25, -0.2) is 0 Å². The molecule has 0 amide bonds. The summed E-state index contributed by atoms with van der Waals surface area (Å²) < 4.78 is 6.52. The Balaban J connectivity index is 2.01. The smallest absolute Gasteiger partial charge is 0.229 e. The molecule has 4 heteroatoms. The highest BCUT2D eigenvalue weighted by molar-refractivity contribution is 7.18. The molecule has 1 atom stereocenters. The molecule has 1 unspecified atom stereocenters. The second kappa shape index (κ2) is 5.37. The van der Waals surface area contributed by atoms with Crippen molar-refractivity contribution >= 4 is 21.4 Å². The Bertz CT molecular complexity index is 845. The summed E-state index contributed by atoms with van der Waals surface area (Å²) in [7, 11) is 0. The molecule has 108 valence electrons. The third-order valence-corrected chi connectivity index (χ3v) is 4.76. The molecule has 21 heavy (non-hydrogen) atoms. The van der Waals surface area contributed by atoms with Gasteiger partial charge >= 0.3 is 0 Å². The van der Waals surface area contributed by atoms with Crippen molar-refractivity contribution in [1.29, 1.82) is 0 Å². The minimum atomic E-state index is -0.290. The van der Waals surface area contributed by atoms with Crippen molar-refractivity contribution in [2.45, 2.75) is 26.2 Å². The molecular weight excluding hydrogens is 284 g/mol. The van der Waals surface area contributed by atoms with Crippen LogP contribution in [0, 0.1) is 6.92 Å². The molecule has 3 nitrogen and oxygen atoms in total. The summed E-state index contributed by atoms with van der Waals surface area (Å²) in [5.74, 6) is 1.72. The van der Waals surface area contributed by atoms with E-state index < -0.39 is 0 Å². The van der Waals surface area contributed by atoms with Crippen molar-refractivity contribution in [2.75, 3.05) is 0 Å². The number of hydrogen-bond donors (Lipinski definition) is 1. The lowest BCUT2D eigenvalue weighted by atomic mass is 10.0. The Kier molecular flexibility index (Phi) is 3.55. The Hall–Kier alpha value is -2.07. The summed E-state index contributed by atoms with van der Waals surface area (Å²) in [5.41, 5.74) is -0.290. The second-order valence-electron chi connectivity index (χ2n) is 5.25. The van der Waals surface area contributed by atoms with Crippen LogP contribution in [0.3, 0.4) is 0 Å². The van der Waals surface area contributed by atoms with Crippen LogP contribution in [-0.4, -0.2) is 5.11 Å². The molecule has 0 aliphatic rings. The van der Waals surface area contributed by atoms with E-state index in [-0.39, 0.29) is 17.1 Å². The number of hydrogen-bond acceptors (Lipinski definition) is 4. The highest BCUT2D eigenvalue weighted by Crippen LogP contribution is 2.31. The van der Waals surface area contributed by atoms with Crippen molar-refractivity contribution in [2.24, 2.45) is 0 Å². The first-order valence-electron chi connectivity index (χ1n) is 6.86. The first kappa shape index (κ1) is 13.9. The molecule has 0 saturated heterocycles. The molecule has 0 saturated carbocycles. The molecule has 0 fully saturated rings. The Morgan fingerprint density at radius 3 is 2.71 bits per heavy atom. The van der Waals surface area contributed by atoms with Crippen LogP contribution in [0.15, 0.2) is 45.6 Å². The third kappa shape index (κ3) is 2.59. The average Bonchev–Trinajstić information content (AvgIpc) is 2.91.